The topological polar surface area (TPSA) is 35.5 Å². The van der Waals surface area contributed by atoms with E-state index in [1.54, 1.807) is 12.1 Å². The van der Waals surface area contributed by atoms with Gasteiger partial charge >= 0.3 is 5.97 Å². The summed E-state index contributed by atoms with van der Waals surface area (Å²) in [6, 6.07) is 5.25. The van der Waals surface area contributed by atoms with Crippen molar-refractivity contribution in [2.24, 2.45) is 0 Å². The molecular weight excluding hydrogens is 260 g/mol. The molecular formula is C11H13BrO3. The molecule has 4 heteroatoms. The minimum Gasteiger partial charge on any atom is -0.490 e. The van der Waals surface area contributed by atoms with Gasteiger partial charge in [-0.1, -0.05) is 15.9 Å². The first-order chi connectivity index (χ1) is 7.04. The second kappa shape index (κ2) is 5.16. The van der Waals surface area contributed by atoms with Crippen molar-refractivity contribution in [3.63, 3.8) is 0 Å². The van der Waals surface area contributed by atoms with Crippen LogP contribution in [0.4, 0.5) is 0 Å². The third-order valence-electron chi connectivity index (χ3n) is 1.71. The number of ether oxygens (including phenoxy) is 2. The molecule has 1 aromatic carbocycles. The van der Waals surface area contributed by atoms with E-state index in [4.69, 9.17) is 4.74 Å². The summed E-state index contributed by atoms with van der Waals surface area (Å²) in [4.78, 5) is 11.4. The number of carbonyl (C=O) groups is 1. The van der Waals surface area contributed by atoms with E-state index in [1.165, 1.54) is 7.11 Å². The van der Waals surface area contributed by atoms with E-state index in [0.717, 1.165) is 4.47 Å². The molecule has 0 spiro atoms. The van der Waals surface area contributed by atoms with Gasteiger partial charge in [-0.15, -0.1) is 0 Å². The van der Waals surface area contributed by atoms with Crippen LogP contribution in [-0.2, 0) is 4.74 Å². The summed E-state index contributed by atoms with van der Waals surface area (Å²) in [5.74, 6) is 0.145. The van der Waals surface area contributed by atoms with E-state index in [1.807, 2.05) is 19.9 Å². The Bertz CT molecular complexity index is 361. The summed E-state index contributed by atoms with van der Waals surface area (Å²) < 4.78 is 11.0. The van der Waals surface area contributed by atoms with E-state index in [0.29, 0.717) is 11.3 Å². The second-order valence-electron chi connectivity index (χ2n) is 3.30. The fourth-order valence-electron chi connectivity index (χ4n) is 1.13. The Labute approximate surface area is 97.5 Å². The predicted octanol–water partition coefficient (Wildman–Crippen LogP) is 3.02. The molecule has 0 N–H and O–H groups in total. The average Bonchev–Trinajstić information content (AvgIpc) is 2.19. The predicted molar refractivity (Wildman–Crippen MR) is 61.2 cm³/mol. The Kier molecular flexibility index (Phi) is 4.15. The maximum Gasteiger partial charge on any atom is 0.341 e. The molecule has 0 saturated carbocycles. The summed E-state index contributed by atoms with van der Waals surface area (Å²) in [6.45, 7) is 3.81. The molecule has 1 aromatic rings. The van der Waals surface area contributed by atoms with Crippen molar-refractivity contribution in [1.29, 1.82) is 0 Å². The van der Waals surface area contributed by atoms with Crippen LogP contribution in [-0.4, -0.2) is 19.2 Å². The van der Waals surface area contributed by atoms with Crippen molar-refractivity contribution in [3.8, 4) is 5.75 Å². The summed E-state index contributed by atoms with van der Waals surface area (Å²) >= 11 is 3.30. The highest BCUT2D eigenvalue weighted by Crippen LogP contribution is 2.24. The van der Waals surface area contributed by atoms with Crippen molar-refractivity contribution in [2.45, 2.75) is 20.0 Å². The van der Waals surface area contributed by atoms with Crippen LogP contribution in [0.5, 0.6) is 5.75 Å². The van der Waals surface area contributed by atoms with E-state index in [2.05, 4.69) is 20.7 Å². The van der Waals surface area contributed by atoms with E-state index in [9.17, 15) is 4.79 Å². The lowest BCUT2D eigenvalue weighted by atomic mass is 10.2. The smallest absolute Gasteiger partial charge is 0.341 e. The van der Waals surface area contributed by atoms with Crippen molar-refractivity contribution < 1.29 is 14.3 Å². The standard InChI is InChI=1S/C11H13BrO3/c1-7(2)15-10-5-4-8(12)6-9(10)11(13)14-3/h4-7H,1-3H3. The number of hydrogen-bond acceptors (Lipinski definition) is 3. The normalized spacial score (nSPS) is 10.2. The number of hydrogen-bond donors (Lipinski definition) is 0. The van der Waals surface area contributed by atoms with Gasteiger partial charge < -0.3 is 9.47 Å². The van der Waals surface area contributed by atoms with Gasteiger partial charge in [-0.05, 0) is 32.0 Å². The number of benzene rings is 1. The number of carbonyl (C=O) groups excluding carboxylic acids is 1. The summed E-state index contributed by atoms with van der Waals surface area (Å²) in [6.07, 6.45) is 0.0228. The quantitative estimate of drug-likeness (QED) is 0.794. The zero-order valence-corrected chi connectivity index (χ0v) is 10.5. The second-order valence-corrected chi connectivity index (χ2v) is 4.21. The largest absolute Gasteiger partial charge is 0.490 e. The molecule has 0 heterocycles. The highest BCUT2D eigenvalue weighted by molar-refractivity contribution is 9.10. The van der Waals surface area contributed by atoms with Gasteiger partial charge in [0, 0.05) is 4.47 Å². The first-order valence-corrected chi connectivity index (χ1v) is 5.38. The molecule has 0 aliphatic rings. The summed E-state index contributed by atoms with van der Waals surface area (Å²) in [7, 11) is 1.35. The first kappa shape index (κ1) is 12.0. The van der Waals surface area contributed by atoms with E-state index in [-0.39, 0.29) is 6.10 Å². The monoisotopic (exact) mass is 272 g/mol. The fraction of sp³-hybridized carbons (Fsp3) is 0.364. The molecule has 0 atom stereocenters. The van der Waals surface area contributed by atoms with Crippen LogP contribution >= 0.6 is 15.9 Å². The highest BCUT2D eigenvalue weighted by atomic mass is 79.9. The van der Waals surface area contributed by atoms with Crippen molar-refractivity contribution in [2.75, 3.05) is 7.11 Å². The highest BCUT2D eigenvalue weighted by Gasteiger charge is 2.14. The van der Waals surface area contributed by atoms with Gasteiger partial charge in [0.25, 0.3) is 0 Å². The van der Waals surface area contributed by atoms with Gasteiger partial charge in [0.1, 0.15) is 11.3 Å². The molecule has 0 aliphatic carbocycles. The Morgan fingerprint density at radius 2 is 2.07 bits per heavy atom. The van der Waals surface area contributed by atoms with Crippen molar-refractivity contribution in [1.82, 2.24) is 0 Å². The van der Waals surface area contributed by atoms with Gasteiger partial charge in [0.2, 0.25) is 0 Å². The van der Waals surface area contributed by atoms with Gasteiger partial charge in [-0.3, -0.25) is 0 Å². The van der Waals surface area contributed by atoms with Crippen LogP contribution in [0.25, 0.3) is 0 Å². The lowest BCUT2D eigenvalue weighted by Crippen LogP contribution is -2.10. The SMILES string of the molecule is COC(=O)c1cc(Br)ccc1OC(C)C. The molecule has 1 rings (SSSR count). The first-order valence-electron chi connectivity index (χ1n) is 4.59. The van der Waals surface area contributed by atoms with Crippen LogP contribution in [0.1, 0.15) is 24.2 Å². The molecule has 15 heavy (non-hydrogen) atoms. The molecule has 0 aliphatic heterocycles. The lowest BCUT2D eigenvalue weighted by Gasteiger charge is -2.13. The van der Waals surface area contributed by atoms with Crippen LogP contribution in [0.3, 0.4) is 0 Å². The van der Waals surface area contributed by atoms with E-state index < -0.39 is 5.97 Å². The molecule has 0 bridgehead atoms. The Hall–Kier alpha value is -1.03. The van der Waals surface area contributed by atoms with Gasteiger partial charge in [-0.2, -0.15) is 0 Å². The maximum absolute atomic E-state index is 11.4. The van der Waals surface area contributed by atoms with Crippen molar-refractivity contribution in [3.05, 3.63) is 28.2 Å². The van der Waals surface area contributed by atoms with Crippen molar-refractivity contribution >= 4 is 21.9 Å². The molecule has 3 nitrogen and oxygen atoms in total. The molecule has 82 valence electrons. The number of rotatable bonds is 3. The van der Waals surface area contributed by atoms with Crippen LogP contribution in [0, 0.1) is 0 Å². The Morgan fingerprint density at radius 1 is 1.40 bits per heavy atom. The molecule has 0 saturated heterocycles. The Balaban J connectivity index is 3.08. The average molecular weight is 273 g/mol. The number of methoxy groups -OCH3 is 1. The lowest BCUT2D eigenvalue weighted by molar-refractivity contribution is 0.0594. The Morgan fingerprint density at radius 3 is 2.60 bits per heavy atom. The zero-order valence-electron chi connectivity index (χ0n) is 8.91. The molecule has 0 unspecified atom stereocenters. The molecule has 0 radical (unpaired) electrons. The van der Waals surface area contributed by atoms with Gasteiger partial charge in [-0.25, -0.2) is 4.79 Å². The third kappa shape index (κ3) is 3.23. The van der Waals surface area contributed by atoms with Gasteiger partial charge in [0.15, 0.2) is 0 Å². The molecule has 0 fully saturated rings. The van der Waals surface area contributed by atoms with Crippen LogP contribution in [0.2, 0.25) is 0 Å². The molecule has 0 amide bonds. The minimum atomic E-state index is -0.396. The summed E-state index contributed by atoms with van der Waals surface area (Å²) in [5, 5.41) is 0. The zero-order chi connectivity index (χ0) is 11.4. The fourth-order valence-corrected chi connectivity index (χ4v) is 1.49. The summed E-state index contributed by atoms with van der Waals surface area (Å²) in [5.41, 5.74) is 0.431. The van der Waals surface area contributed by atoms with Gasteiger partial charge in [0.05, 0.1) is 13.2 Å². The third-order valence-corrected chi connectivity index (χ3v) is 2.20. The number of halogens is 1. The minimum absolute atomic E-state index is 0.0228. The molecule has 0 aromatic heterocycles. The maximum atomic E-state index is 11.4. The van der Waals surface area contributed by atoms with Crippen LogP contribution < -0.4 is 4.74 Å². The van der Waals surface area contributed by atoms with E-state index >= 15 is 0 Å². The number of esters is 1. The van der Waals surface area contributed by atoms with Crippen LogP contribution in [0.15, 0.2) is 22.7 Å².